The standard InChI is InChI=1S/C16H20BrNO3/c1-3-21-14(19)8-11-18(2)15(20)16(9-10-16)12-4-6-13(17)7-5-12/h4-7H,3,8-11H2,1-2H3. The number of hydrogen-bond donors (Lipinski definition) is 0. The fourth-order valence-corrected chi connectivity index (χ4v) is 2.74. The smallest absolute Gasteiger partial charge is 0.307 e. The number of carbonyl (C=O) groups excluding carboxylic acids is 2. The van der Waals surface area contributed by atoms with E-state index in [0.717, 1.165) is 22.9 Å². The minimum atomic E-state index is -0.385. The Morgan fingerprint density at radius 1 is 1.29 bits per heavy atom. The quantitative estimate of drug-likeness (QED) is 0.738. The number of halogens is 1. The van der Waals surface area contributed by atoms with Gasteiger partial charge in [0.25, 0.3) is 0 Å². The number of ether oxygens (including phenoxy) is 1. The second-order valence-electron chi connectivity index (χ2n) is 5.37. The molecular weight excluding hydrogens is 334 g/mol. The normalized spacial score (nSPS) is 15.4. The SMILES string of the molecule is CCOC(=O)CCN(C)C(=O)C1(c2ccc(Br)cc2)CC1. The number of carbonyl (C=O) groups is 2. The minimum absolute atomic E-state index is 0.0918. The molecule has 0 unspecified atom stereocenters. The Labute approximate surface area is 133 Å². The fraction of sp³-hybridized carbons (Fsp3) is 0.500. The van der Waals surface area contributed by atoms with Gasteiger partial charge in [-0.3, -0.25) is 9.59 Å². The summed E-state index contributed by atoms with van der Waals surface area (Å²) in [5.41, 5.74) is 0.670. The van der Waals surface area contributed by atoms with Crippen molar-refractivity contribution in [3.63, 3.8) is 0 Å². The Bertz CT molecular complexity index is 523. The van der Waals surface area contributed by atoms with Crippen LogP contribution in [0.25, 0.3) is 0 Å². The van der Waals surface area contributed by atoms with E-state index in [0.29, 0.717) is 13.2 Å². The summed E-state index contributed by atoms with van der Waals surface area (Å²) in [4.78, 5) is 25.7. The molecule has 0 aliphatic heterocycles. The third-order valence-corrected chi connectivity index (χ3v) is 4.39. The molecule has 1 fully saturated rings. The number of esters is 1. The maximum atomic E-state index is 12.6. The number of hydrogen-bond acceptors (Lipinski definition) is 3. The van der Waals surface area contributed by atoms with E-state index < -0.39 is 0 Å². The van der Waals surface area contributed by atoms with Crippen molar-refractivity contribution in [3.05, 3.63) is 34.3 Å². The summed E-state index contributed by atoms with van der Waals surface area (Å²) < 4.78 is 5.89. The first-order valence-electron chi connectivity index (χ1n) is 7.17. The predicted molar refractivity (Wildman–Crippen MR) is 83.9 cm³/mol. The predicted octanol–water partition coefficient (Wildman–Crippen LogP) is 2.89. The lowest BCUT2D eigenvalue weighted by molar-refractivity contribution is -0.144. The molecule has 0 spiro atoms. The van der Waals surface area contributed by atoms with Crippen molar-refractivity contribution in [2.45, 2.75) is 31.6 Å². The molecule has 1 aromatic carbocycles. The van der Waals surface area contributed by atoms with Crippen molar-refractivity contribution in [1.82, 2.24) is 4.90 Å². The Kier molecular flexibility index (Phi) is 5.04. The van der Waals surface area contributed by atoms with Crippen molar-refractivity contribution >= 4 is 27.8 Å². The molecule has 0 atom stereocenters. The summed E-state index contributed by atoms with van der Waals surface area (Å²) >= 11 is 3.41. The molecule has 4 nitrogen and oxygen atoms in total. The van der Waals surface area contributed by atoms with Gasteiger partial charge in [0.05, 0.1) is 18.4 Å². The molecule has 0 heterocycles. The maximum absolute atomic E-state index is 12.6. The average molecular weight is 354 g/mol. The highest BCUT2D eigenvalue weighted by Crippen LogP contribution is 2.49. The molecule has 0 aromatic heterocycles. The number of benzene rings is 1. The molecule has 1 aliphatic carbocycles. The van der Waals surface area contributed by atoms with E-state index in [1.165, 1.54) is 0 Å². The van der Waals surface area contributed by atoms with Gasteiger partial charge in [0.1, 0.15) is 0 Å². The Hall–Kier alpha value is -1.36. The Morgan fingerprint density at radius 3 is 2.43 bits per heavy atom. The van der Waals surface area contributed by atoms with Crippen LogP contribution >= 0.6 is 15.9 Å². The summed E-state index contributed by atoms with van der Waals surface area (Å²) in [7, 11) is 1.75. The van der Waals surface area contributed by atoms with Crippen LogP contribution < -0.4 is 0 Å². The number of rotatable bonds is 6. The third kappa shape index (κ3) is 3.64. The molecule has 0 saturated heterocycles. The molecule has 114 valence electrons. The van der Waals surface area contributed by atoms with E-state index in [1.807, 2.05) is 24.3 Å². The van der Waals surface area contributed by atoms with E-state index in [2.05, 4.69) is 15.9 Å². The zero-order valence-corrected chi connectivity index (χ0v) is 14.0. The van der Waals surface area contributed by atoms with Gasteiger partial charge in [0, 0.05) is 18.1 Å². The molecule has 0 N–H and O–H groups in total. The second-order valence-corrected chi connectivity index (χ2v) is 6.29. The van der Waals surface area contributed by atoms with Crippen LogP contribution in [0.1, 0.15) is 31.7 Å². The summed E-state index contributed by atoms with van der Waals surface area (Å²) in [5.74, 6) is -0.167. The Morgan fingerprint density at radius 2 is 1.90 bits per heavy atom. The van der Waals surface area contributed by atoms with Crippen LogP contribution in [-0.2, 0) is 19.7 Å². The van der Waals surface area contributed by atoms with Crippen LogP contribution in [0, 0.1) is 0 Å². The number of amides is 1. The van der Waals surface area contributed by atoms with Crippen LogP contribution in [0.5, 0.6) is 0 Å². The highest BCUT2D eigenvalue weighted by molar-refractivity contribution is 9.10. The molecular formula is C16H20BrNO3. The maximum Gasteiger partial charge on any atom is 0.307 e. The lowest BCUT2D eigenvalue weighted by Gasteiger charge is -2.23. The minimum Gasteiger partial charge on any atom is -0.466 e. The first-order chi connectivity index (χ1) is 9.99. The summed E-state index contributed by atoms with van der Waals surface area (Å²) in [6, 6.07) is 7.91. The Balaban J connectivity index is 1.98. The zero-order valence-electron chi connectivity index (χ0n) is 12.4. The highest BCUT2D eigenvalue weighted by Gasteiger charge is 2.52. The molecule has 1 aromatic rings. The van der Waals surface area contributed by atoms with Gasteiger partial charge in [-0.15, -0.1) is 0 Å². The topological polar surface area (TPSA) is 46.6 Å². The van der Waals surface area contributed by atoms with Gasteiger partial charge in [-0.2, -0.15) is 0 Å². The van der Waals surface area contributed by atoms with Gasteiger partial charge in [0.15, 0.2) is 0 Å². The summed E-state index contributed by atoms with van der Waals surface area (Å²) in [6.45, 7) is 2.55. The molecule has 21 heavy (non-hydrogen) atoms. The van der Waals surface area contributed by atoms with Crippen molar-refractivity contribution < 1.29 is 14.3 Å². The van der Waals surface area contributed by atoms with Gasteiger partial charge < -0.3 is 9.64 Å². The van der Waals surface area contributed by atoms with Crippen molar-refractivity contribution in [3.8, 4) is 0 Å². The summed E-state index contributed by atoms with van der Waals surface area (Å²) in [6.07, 6.45) is 1.99. The first-order valence-corrected chi connectivity index (χ1v) is 7.96. The monoisotopic (exact) mass is 353 g/mol. The second kappa shape index (κ2) is 6.60. The highest BCUT2D eigenvalue weighted by atomic mass is 79.9. The van der Waals surface area contributed by atoms with Gasteiger partial charge in [-0.1, -0.05) is 28.1 Å². The van der Waals surface area contributed by atoms with Crippen molar-refractivity contribution in [2.75, 3.05) is 20.2 Å². The summed E-state index contributed by atoms with van der Waals surface area (Å²) in [5, 5.41) is 0. The lowest BCUT2D eigenvalue weighted by atomic mass is 9.94. The largest absolute Gasteiger partial charge is 0.466 e. The molecule has 1 aliphatic rings. The van der Waals surface area contributed by atoms with Crippen LogP contribution in [0.3, 0.4) is 0 Å². The average Bonchev–Trinajstić information content (AvgIpc) is 3.26. The van der Waals surface area contributed by atoms with Crippen LogP contribution in [-0.4, -0.2) is 37.0 Å². The van der Waals surface area contributed by atoms with Gasteiger partial charge in [-0.05, 0) is 37.5 Å². The molecule has 0 radical (unpaired) electrons. The van der Waals surface area contributed by atoms with Crippen molar-refractivity contribution in [1.29, 1.82) is 0 Å². The van der Waals surface area contributed by atoms with Crippen molar-refractivity contribution in [2.24, 2.45) is 0 Å². The van der Waals surface area contributed by atoms with Crippen LogP contribution in [0.4, 0.5) is 0 Å². The fourth-order valence-electron chi connectivity index (χ4n) is 2.48. The van der Waals surface area contributed by atoms with Gasteiger partial charge in [0.2, 0.25) is 5.91 Å². The van der Waals surface area contributed by atoms with Gasteiger partial charge >= 0.3 is 5.97 Å². The molecule has 1 saturated carbocycles. The zero-order chi connectivity index (χ0) is 15.5. The third-order valence-electron chi connectivity index (χ3n) is 3.86. The van der Waals surface area contributed by atoms with E-state index in [-0.39, 0.29) is 23.7 Å². The molecule has 5 heteroatoms. The first kappa shape index (κ1) is 16.0. The van der Waals surface area contributed by atoms with E-state index in [1.54, 1.807) is 18.9 Å². The van der Waals surface area contributed by atoms with Crippen LogP contribution in [0.15, 0.2) is 28.7 Å². The van der Waals surface area contributed by atoms with E-state index in [9.17, 15) is 9.59 Å². The molecule has 1 amide bonds. The van der Waals surface area contributed by atoms with E-state index >= 15 is 0 Å². The van der Waals surface area contributed by atoms with E-state index in [4.69, 9.17) is 4.74 Å². The number of likely N-dealkylation sites (N-methyl/N-ethyl adjacent to an activating group) is 1. The number of nitrogens with zero attached hydrogens (tertiary/aromatic N) is 1. The lowest BCUT2D eigenvalue weighted by Crippen LogP contribution is -2.37. The van der Waals surface area contributed by atoms with Gasteiger partial charge in [-0.25, -0.2) is 0 Å². The molecule has 0 bridgehead atoms. The van der Waals surface area contributed by atoms with Crippen LogP contribution in [0.2, 0.25) is 0 Å². The molecule has 2 rings (SSSR count).